The lowest BCUT2D eigenvalue weighted by Gasteiger charge is -1.75. The van der Waals surface area contributed by atoms with Crippen LogP contribution in [0.15, 0.2) is 12.3 Å². The van der Waals surface area contributed by atoms with Crippen LogP contribution in [-0.2, 0) is 9.90 Å². The molecule has 0 unspecified atom stereocenters. The maximum absolute atomic E-state index is 9.57. The normalized spacial score (nSPS) is 9.71. The van der Waals surface area contributed by atoms with Gasteiger partial charge in [0.15, 0.2) is 0 Å². The Hall–Kier alpha value is -0.990. The van der Waals surface area contributed by atoms with Crippen molar-refractivity contribution in [2.45, 2.75) is 6.42 Å². The van der Waals surface area contributed by atoms with E-state index in [1.165, 1.54) is 0 Å². The zero-order valence-electron chi connectivity index (χ0n) is 3.63. The Bertz CT molecular complexity index is 84.9. The van der Waals surface area contributed by atoms with E-state index < -0.39 is 5.97 Å². The zero-order chi connectivity index (χ0) is 5.70. The molecule has 0 fully saturated rings. The maximum Gasteiger partial charge on any atom is 0.307 e. The molecule has 0 saturated carbocycles. The molecule has 0 aromatic carbocycles. The fourth-order valence-corrected chi connectivity index (χ4v) is 0.149. The smallest absolute Gasteiger partial charge is 0.307 e. The average molecular weight is 101 g/mol. The van der Waals surface area contributed by atoms with Crippen LogP contribution in [0.25, 0.3) is 0 Å². The summed E-state index contributed by atoms with van der Waals surface area (Å²) in [5.74, 6) is -0.980. The lowest BCUT2D eigenvalue weighted by atomic mass is 10.4. The van der Waals surface area contributed by atoms with E-state index in [4.69, 9.17) is 5.11 Å². The van der Waals surface area contributed by atoms with Crippen LogP contribution >= 0.6 is 0 Å². The van der Waals surface area contributed by atoms with Gasteiger partial charge in [-0.2, -0.15) is 0 Å². The molecule has 1 N–H and O–H groups in total. The number of carbonyl (C=O) groups is 1. The van der Waals surface area contributed by atoms with Gasteiger partial charge in [-0.25, -0.2) is 0 Å². The number of hydrogen-bond acceptors (Lipinski definition) is 1. The Morgan fingerprint density at radius 3 is 2.43 bits per heavy atom. The van der Waals surface area contributed by atoms with Crippen molar-refractivity contribution < 1.29 is 15.0 Å². The van der Waals surface area contributed by atoms with Gasteiger partial charge in [-0.05, 0) is 6.08 Å². The SMILES string of the molecule is [O]C=CCC(=O)O. The first-order valence-electron chi connectivity index (χ1n) is 1.76. The molecule has 0 heterocycles. The molecule has 0 rings (SSSR count). The van der Waals surface area contributed by atoms with Crippen molar-refractivity contribution in [3.8, 4) is 0 Å². The summed E-state index contributed by atoms with van der Waals surface area (Å²) in [6, 6.07) is 0. The second-order valence-corrected chi connectivity index (χ2v) is 0.970. The molecular formula is C4H5O3. The van der Waals surface area contributed by atoms with Crippen molar-refractivity contribution in [1.82, 2.24) is 0 Å². The van der Waals surface area contributed by atoms with Gasteiger partial charge >= 0.3 is 5.97 Å². The minimum atomic E-state index is -0.980. The van der Waals surface area contributed by atoms with E-state index >= 15 is 0 Å². The second kappa shape index (κ2) is 3.21. The Morgan fingerprint density at radius 1 is 1.71 bits per heavy atom. The van der Waals surface area contributed by atoms with E-state index in [1.54, 1.807) is 0 Å². The molecule has 0 spiro atoms. The van der Waals surface area contributed by atoms with Crippen LogP contribution in [0.2, 0.25) is 0 Å². The lowest BCUT2D eigenvalue weighted by molar-refractivity contribution is -0.136. The summed E-state index contributed by atoms with van der Waals surface area (Å²) in [7, 11) is 0. The van der Waals surface area contributed by atoms with Crippen molar-refractivity contribution in [2.24, 2.45) is 0 Å². The van der Waals surface area contributed by atoms with E-state index in [-0.39, 0.29) is 6.42 Å². The van der Waals surface area contributed by atoms with E-state index in [2.05, 4.69) is 0 Å². The van der Waals surface area contributed by atoms with Gasteiger partial charge in [-0.1, -0.05) is 0 Å². The minimum Gasteiger partial charge on any atom is -0.481 e. The third-order valence-electron chi connectivity index (χ3n) is 0.389. The first-order valence-corrected chi connectivity index (χ1v) is 1.76. The number of hydrogen-bond donors (Lipinski definition) is 1. The highest BCUT2D eigenvalue weighted by molar-refractivity contribution is 5.68. The highest BCUT2D eigenvalue weighted by atomic mass is 16.4. The molecule has 0 atom stereocenters. The third kappa shape index (κ3) is 5.01. The van der Waals surface area contributed by atoms with Crippen LogP contribution in [0.3, 0.4) is 0 Å². The standard InChI is InChI=1S/C4H5O3/c5-3-1-2-4(6)7/h1,3H,2H2,(H,6,7). The molecule has 0 aliphatic heterocycles. The Labute approximate surface area is 40.9 Å². The van der Waals surface area contributed by atoms with E-state index in [0.29, 0.717) is 6.26 Å². The van der Waals surface area contributed by atoms with Crippen molar-refractivity contribution >= 4 is 5.97 Å². The predicted molar refractivity (Wildman–Crippen MR) is 22.1 cm³/mol. The average Bonchev–Trinajstić information content (AvgIpc) is 1.61. The molecule has 3 nitrogen and oxygen atoms in total. The van der Waals surface area contributed by atoms with Gasteiger partial charge in [0.05, 0.1) is 6.42 Å². The summed E-state index contributed by atoms with van der Waals surface area (Å²) in [5.41, 5.74) is 0. The lowest BCUT2D eigenvalue weighted by Crippen LogP contribution is -1.89. The second-order valence-electron chi connectivity index (χ2n) is 0.970. The summed E-state index contributed by atoms with van der Waals surface area (Å²) in [6.45, 7) is 0. The Balaban J connectivity index is 3.14. The van der Waals surface area contributed by atoms with Gasteiger partial charge in [0.25, 0.3) is 0 Å². The molecule has 1 radical (unpaired) electrons. The molecule has 0 aliphatic carbocycles. The summed E-state index contributed by atoms with van der Waals surface area (Å²) < 4.78 is 0. The highest BCUT2D eigenvalue weighted by Gasteiger charge is 1.86. The first-order chi connectivity index (χ1) is 3.27. The number of carboxylic acids is 1. The number of aliphatic carboxylic acids is 1. The van der Waals surface area contributed by atoms with Gasteiger partial charge in [0.2, 0.25) is 0 Å². The molecule has 0 aliphatic rings. The first kappa shape index (κ1) is 6.01. The van der Waals surface area contributed by atoms with Crippen LogP contribution < -0.4 is 0 Å². The van der Waals surface area contributed by atoms with Gasteiger partial charge in [0, 0.05) is 0 Å². The third-order valence-corrected chi connectivity index (χ3v) is 0.389. The molecule has 7 heavy (non-hydrogen) atoms. The van der Waals surface area contributed by atoms with Crippen molar-refractivity contribution in [1.29, 1.82) is 0 Å². The summed E-state index contributed by atoms with van der Waals surface area (Å²) >= 11 is 0. The molecule has 0 bridgehead atoms. The number of carboxylic acid groups (broad SMARTS) is 1. The van der Waals surface area contributed by atoms with E-state index in [1.807, 2.05) is 0 Å². The van der Waals surface area contributed by atoms with E-state index in [9.17, 15) is 9.90 Å². The van der Waals surface area contributed by atoms with Gasteiger partial charge in [-0.3, -0.25) is 9.90 Å². The van der Waals surface area contributed by atoms with Crippen LogP contribution in [0.1, 0.15) is 6.42 Å². The van der Waals surface area contributed by atoms with Crippen LogP contribution in [0.5, 0.6) is 0 Å². The molecule has 39 valence electrons. The predicted octanol–water partition coefficient (Wildman–Crippen LogP) is 0.405. The Kier molecular flexibility index (Phi) is 2.76. The fourth-order valence-electron chi connectivity index (χ4n) is 0.149. The quantitative estimate of drug-likeness (QED) is 0.512. The monoisotopic (exact) mass is 101 g/mol. The summed E-state index contributed by atoms with van der Waals surface area (Å²) in [4.78, 5) is 9.57. The fraction of sp³-hybridized carbons (Fsp3) is 0.250. The van der Waals surface area contributed by atoms with Crippen LogP contribution in [0.4, 0.5) is 0 Å². The van der Waals surface area contributed by atoms with Gasteiger partial charge in [0.1, 0.15) is 6.26 Å². The zero-order valence-corrected chi connectivity index (χ0v) is 3.63. The largest absolute Gasteiger partial charge is 0.481 e. The highest BCUT2D eigenvalue weighted by Crippen LogP contribution is 1.78. The molecule has 0 saturated heterocycles. The summed E-state index contributed by atoms with van der Waals surface area (Å²) in [5, 5.41) is 17.2. The molecule has 0 aromatic rings. The minimum absolute atomic E-state index is 0.177. The van der Waals surface area contributed by atoms with Crippen molar-refractivity contribution in [3.05, 3.63) is 12.3 Å². The van der Waals surface area contributed by atoms with Gasteiger partial charge < -0.3 is 5.11 Å². The van der Waals surface area contributed by atoms with Crippen LogP contribution in [0, 0.1) is 0 Å². The van der Waals surface area contributed by atoms with Crippen molar-refractivity contribution in [2.75, 3.05) is 0 Å². The van der Waals surface area contributed by atoms with E-state index in [0.717, 1.165) is 6.08 Å². The molecule has 3 heteroatoms. The Morgan fingerprint density at radius 2 is 2.29 bits per heavy atom. The number of rotatable bonds is 2. The molecule has 0 amide bonds. The topological polar surface area (TPSA) is 57.2 Å². The molecular weight excluding hydrogens is 96.0 g/mol. The van der Waals surface area contributed by atoms with Crippen LogP contribution in [-0.4, -0.2) is 11.1 Å². The summed E-state index contributed by atoms with van der Waals surface area (Å²) in [6.07, 6.45) is 1.33. The maximum atomic E-state index is 9.57. The van der Waals surface area contributed by atoms with Crippen molar-refractivity contribution in [3.63, 3.8) is 0 Å². The van der Waals surface area contributed by atoms with Gasteiger partial charge in [-0.15, -0.1) is 0 Å². The molecule has 0 aromatic heterocycles.